The van der Waals surface area contributed by atoms with Gasteiger partial charge in [-0.15, -0.1) is 0 Å². The van der Waals surface area contributed by atoms with Gasteiger partial charge in [-0.25, -0.2) is 0 Å². The number of fused-ring (bicyclic) bond motifs is 17. The molecule has 8 heteroatoms. The Kier molecular flexibility index (Phi) is 14.0. The number of nitrogens with zero attached hydrogens (tertiary/aromatic N) is 5. The number of para-hydroxylation sites is 8. The predicted molar refractivity (Wildman–Crippen MR) is 456 cm³/mol. The van der Waals surface area contributed by atoms with E-state index in [-0.39, 0.29) is 18.8 Å². The minimum atomic E-state index is -0.910. The Morgan fingerprint density at radius 2 is 0.624 bits per heavy atom. The smallest absolute Gasteiger partial charge is 0.252 e. The van der Waals surface area contributed by atoms with Gasteiger partial charge in [0.25, 0.3) is 13.4 Å². The van der Waals surface area contributed by atoms with Crippen molar-refractivity contribution in [1.29, 1.82) is 0 Å². The van der Waals surface area contributed by atoms with Crippen LogP contribution in [0.15, 0.2) is 376 Å². The van der Waals surface area contributed by atoms with E-state index in [2.05, 4.69) is 421 Å². The molecule has 512 valence electrons. The highest BCUT2D eigenvalue weighted by molar-refractivity contribution is 7.01. The maximum absolute atomic E-state index is 8.28. The molecule has 5 aliphatic heterocycles. The van der Waals surface area contributed by atoms with E-state index < -0.39 is 5.41 Å². The summed E-state index contributed by atoms with van der Waals surface area (Å²) in [5.74, 6) is 1.61. The molecule has 6 nitrogen and oxygen atoms in total. The molecule has 6 aliphatic rings. The topological polar surface area (TPSA) is 25.4 Å². The molecule has 0 atom stereocenters. The van der Waals surface area contributed by atoms with Gasteiger partial charge in [0.15, 0.2) is 0 Å². The fourth-order valence-electron chi connectivity index (χ4n) is 19.2. The van der Waals surface area contributed by atoms with Crippen LogP contribution in [0.2, 0.25) is 0 Å². The third-order valence-corrected chi connectivity index (χ3v) is 23.7. The number of rotatable bonds is 9. The van der Waals surface area contributed by atoms with Gasteiger partial charge >= 0.3 is 0 Å². The van der Waals surface area contributed by atoms with Gasteiger partial charge in [-0.3, -0.25) is 0 Å². The van der Waals surface area contributed by atoms with E-state index in [0.29, 0.717) is 0 Å². The average Bonchev–Trinajstić information content (AvgIpc) is 1.04. The molecular weight excluding hydrogens is 1320 g/mol. The SMILES string of the molecule is CC(C)(C)c1cc2c3c(c1)N(c1c(-c4ccccc4)cccc1-c1ccccc1)c1cc4c(cc1B3c1ccccc1N2c1ccccc1)C1(c2cc3c(cc2O4)N(c2ccccc2)c2cc(N(c4ccccc4)c4ccccc4)cc4c2B3c2ccccc2N4c2ccccc2)c2ccccc2-c2ccccc21. The van der Waals surface area contributed by atoms with E-state index >= 15 is 0 Å². The largest absolute Gasteiger partial charge is 0.457 e. The van der Waals surface area contributed by atoms with Gasteiger partial charge in [-0.2, -0.15) is 0 Å². The van der Waals surface area contributed by atoms with Crippen molar-refractivity contribution in [3.05, 3.63) is 404 Å². The summed E-state index contributed by atoms with van der Waals surface area (Å²) in [5, 5.41) is 0. The Bertz CT molecular complexity index is 6210. The van der Waals surface area contributed by atoms with E-state index in [1.165, 1.54) is 66.3 Å². The van der Waals surface area contributed by atoms with Gasteiger partial charge < -0.3 is 29.2 Å². The lowest BCUT2D eigenvalue weighted by molar-refractivity contribution is 0.437. The van der Waals surface area contributed by atoms with Crippen LogP contribution in [0.4, 0.5) is 85.3 Å². The molecule has 0 N–H and O–H groups in total. The van der Waals surface area contributed by atoms with Crippen LogP contribution >= 0.6 is 0 Å². The van der Waals surface area contributed by atoms with Gasteiger partial charge in [-0.1, -0.05) is 288 Å². The highest BCUT2D eigenvalue weighted by atomic mass is 16.5. The molecule has 22 rings (SSSR count). The fourth-order valence-corrected chi connectivity index (χ4v) is 19.2. The molecule has 0 unspecified atom stereocenters. The second-order valence-corrected chi connectivity index (χ2v) is 30.6. The van der Waals surface area contributed by atoms with Crippen LogP contribution in [0.5, 0.6) is 11.5 Å². The molecule has 109 heavy (non-hydrogen) atoms. The lowest BCUT2D eigenvalue weighted by Crippen LogP contribution is -2.62. The van der Waals surface area contributed by atoms with E-state index in [1.807, 2.05) is 0 Å². The molecule has 16 aromatic rings. The average molecular weight is 1390 g/mol. The van der Waals surface area contributed by atoms with Gasteiger partial charge in [0.1, 0.15) is 11.5 Å². The molecule has 0 saturated carbocycles. The molecule has 1 aliphatic carbocycles. The van der Waals surface area contributed by atoms with Crippen molar-refractivity contribution in [3.8, 4) is 44.9 Å². The Balaban J connectivity index is 0.870. The highest BCUT2D eigenvalue weighted by Gasteiger charge is 2.55. The minimum Gasteiger partial charge on any atom is -0.457 e. The summed E-state index contributed by atoms with van der Waals surface area (Å²) in [7, 11) is 0. The quantitative estimate of drug-likeness (QED) is 0.134. The molecule has 0 amide bonds. The number of ether oxygens (including phenoxy) is 1. The van der Waals surface area contributed by atoms with Crippen LogP contribution in [0.3, 0.4) is 0 Å². The fraction of sp³-hybridized carbons (Fsp3) is 0.0495. The summed E-state index contributed by atoms with van der Waals surface area (Å²) >= 11 is 0. The summed E-state index contributed by atoms with van der Waals surface area (Å²) in [6.07, 6.45) is 0. The van der Waals surface area contributed by atoms with Crippen molar-refractivity contribution >= 4 is 132 Å². The zero-order valence-electron chi connectivity index (χ0n) is 60.6. The Hall–Kier alpha value is -13.6. The van der Waals surface area contributed by atoms with Crippen molar-refractivity contribution in [1.82, 2.24) is 0 Å². The number of hydrogen-bond acceptors (Lipinski definition) is 6. The normalized spacial score (nSPS) is 13.9. The molecular formula is C101H71B2N5O. The monoisotopic (exact) mass is 1390 g/mol. The third kappa shape index (κ3) is 9.31. The number of anilines is 15. The highest BCUT2D eigenvalue weighted by Crippen LogP contribution is 2.64. The van der Waals surface area contributed by atoms with Crippen molar-refractivity contribution in [2.75, 3.05) is 24.5 Å². The first-order chi connectivity index (χ1) is 53.8. The van der Waals surface area contributed by atoms with Crippen LogP contribution in [-0.4, -0.2) is 13.4 Å². The van der Waals surface area contributed by atoms with Crippen molar-refractivity contribution < 1.29 is 4.74 Å². The standard InChI is InChI=1S/C101H71B2N5O/c1-100(2,3)68-58-91-97-92(59-68)108(99-75(66-34-11-4-12-35-66)50-33-51-76(99)67-36-13-5-14-37-67)90-65-96-82(63-86(90)103(97)83-54-29-31-56-87(83)105(91)71-42-19-8-20-43-71)101(79-52-27-25-48-77(79)78-49-26-28-53-80(78)101)81-62-85-89(64-95(81)109-96)107(73-46-23-10-24-47-73)94-61-74(104(69-38-15-6-16-39-69)70-40-17-7-18-41-70)60-93-98(94)102(85)84-55-30-32-57-88(84)106(93)72-44-21-9-22-45-72/h4-65H,1-3H3. The van der Waals surface area contributed by atoms with Crippen LogP contribution in [-0.2, 0) is 10.8 Å². The van der Waals surface area contributed by atoms with E-state index in [0.717, 1.165) is 125 Å². The number of hydrogen-bond donors (Lipinski definition) is 0. The van der Waals surface area contributed by atoms with E-state index in [9.17, 15) is 0 Å². The molecule has 0 saturated heterocycles. The minimum absolute atomic E-state index is 0.227. The summed E-state index contributed by atoms with van der Waals surface area (Å²) < 4.78 is 8.28. The molecule has 0 bridgehead atoms. The summed E-state index contributed by atoms with van der Waals surface area (Å²) in [4.78, 5) is 12.7. The zero-order valence-corrected chi connectivity index (χ0v) is 60.6. The lowest BCUT2D eigenvalue weighted by atomic mass is 9.33. The second-order valence-electron chi connectivity index (χ2n) is 30.6. The van der Waals surface area contributed by atoms with Crippen molar-refractivity contribution in [2.45, 2.75) is 31.6 Å². The first-order valence-corrected chi connectivity index (χ1v) is 38.0. The van der Waals surface area contributed by atoms with E-state index in [4.69, 9.17) is 4.74 Å². The molecule has 0 aromatic heterocycles. The second kappa shape index (κ2) is 24.2. The van der Waals surface area contributed by atoms with Crippen LogP contribution in [0, 0.1) is 0 Å². The van der Waals surface area contributed by atoms with Crippen molar-refractivity contribution in [3.63, 3.8) is 0 Å². The first-order valence-electron chi connectivity index (χ1n) is 38.0. The van der Waals surface area contributed by atoms with E-state index in [1.54, 1.807) is 0 Å². The number of benzene rings is 16. The van der Waals surface area contributed by atoms with Gasteiger partial charge in [0.2, 0.25) is 0 Å². The molecule has 5 heterocycles. The molecule has 16 aromatic carbocycles. The van der Waals surface area contributed by atoms with Gasteiger partial charge in [0.05, 0.1) is 16.8 Å². The maximum Gasteiger partial charge on any atom is 0.252 e. The molecule has 0 radical (unpaired) electrons. The summed E-state index contributed by atoms with van der Waals surface area (Å²) in [6.45, 7) is 6.62. The molecule has 1 spiro atoms. The Labute approximate surface area is 637 Å². The van der Waals surface area contributed by atoms with Gasteiger partial charge in [0, 0.05) is 108 Å². The zero-order chi connectivity index (χ0) is 72.2. The maximum atomic E-state index is 8.28. The van der Waals surface area contributed by atoms with Crippen LogP contribution in [0.1, 0.15) is 48.6 Å². The summed E-state index contributed by atoms with van der Waals surface area (Å²) in [6, 6.07) is 141. The molecule has 0 fully saturated rings. The lowest BCUT2D eigenvalue weighted by Gasteiger charge is -2.48. The van der Waals surface area contributed by atoms with Crippen LogP contribution < -0.4 is 62.0 Å². The Morgan fingerprint density at radius 1 is 0.275 bits per heavy atom. The first kappa shape index (κ1) is 62.8. The predicted octanol–water partition coefficient (Wildman–Crippen LogP) is 22.4. The van der Waals surface area contributed by atoms with Crippen molar-refractivity contribution in [2.24, 2.45) is 0 Å². The summed E-state index contributed by atoms with van der Waals surface area (Å²) in [5.41, 5.74) is 35.5. The Morgan fingerprint density at radius 3 is 1.06 bits per heavy atom. The third-order valence-electron chi connectivity index (χ3n) is 23.7. The van der Waals surface area contributed by atoms with Gasteiger partial charge in [-0.05, 0) is 174 Å². The van der Waals surface area contributed by atoms with Crippen LogP contribution in [0.25, 0.3) is 33.4 Å².